The third-order valence-electron chi connectivity index (χ3n) is 2.99. The maximum Gasteiger partial charge on any atom is -0.0155 e. The van der Waals surface area contributed by atoms with E-state index < -0.39 is 0 Å². The van der Waals surface area contributed by atoms with Crippen LogP contribution in [0.1, 0.15) is 26.7 Å². The summed E-state index contributed by atoms with van der Waals surface area (Å²) in [5.74, 6) is 0. The van der Waals surface area contributed by atoms with E-state index in [1.165, 1.54) is 22.3 Å². The van der Waals surface area contributed by atoms with Crippen LogP contribution >= 0.6 is 0 Å². The van der Waals surface area contributed by atoms with Gasteiger partial charge in [0.05, 0.1) is 0 Å². The molecular formula is C16H18. The molecule has 0 saturated carbocycles. The summed E-state index contributed by atoms with van der Waals surface area (Å²) in [5.41, 5.74) is 5.41. The summed E-state index contributed by atoms with van der Waals surface area (Å²) in [6, 6.07) is 0. The van der Waals surface area contributed by atoms with Crippen LogP contribution in [0.5, 0.6) is 0 Å². The molecule has 82 valence electrons. The van der Waals surface area contributed by atoms with Gasteiger partial charge in [-0.1, -0.05) is 48.6 Å². The van der Waals surface area contributed by atoms with E-state index >= 15 is 0 Å². The van der Waals surface area contributed by atoms with Crippen molar-refractivity contribution in [3.05, 3.63) is 70.9 Å². The highest BCUT2D eigenvalue weighted by Gasteiger charge is 2.07. The van der Waals surface area contributed by atoms with Gasteiger partial charge >= 0.3 is 0 Å². The molecule has 0 aliphatic heterocycles. The molecule has 0 amide bonds. The molecule has 0 radical (unpaired) electrons. The monoisotopic (exact) mass is 210 g/mol. The molecule has 2 aliphatic carbocycles. The summed E-state index contributed by atoms with van der Waals surface area (Å²) in [7, 11) is 0. The van der Waals surface area contributed by atoms with Gasteiger partial charge in [0, 0.05) is 0 Å². The maximum atomic E-state index is 2.25. The lowest BCUT2D eigenvalue weighted by molar-refractivity contribution is 1.35. The van der Waals surface area contributed by atoms with E-state index in [4.69, 9.17) is 0 Å². The Kier molecular flexibility index (Phi) is 3.40. The van der Waals surface area contributed by atoms with Gasteiger partial charge in [-0.2, -0.15) is 0 Å². The van der Waals surface area contributed by atoms with Gasteiger partial charge in [0.1, 0.15) is 0 Å². The minimum absolute atomic E-state index is 1.03. The molecule has 0 heteroatoms. The number of hydrogen-bond donors (Lipinski definition) is 0. The zero-order chi connectivity index (χ0) is 11.4. The first-order valence-electron chi connectivity index (χ1n) is 5.87. The molecule has 0 aromatic rings. The Morgan fingerprint density at radius 3 is 1.44 bits per heavy atom. The molecule has 0 unspecified atom stereocenters. The van der Waals surface area contributed by atoms with Gasteiger partial charge in [-0.15, -0.1) is 0 Å². The van der Waals surface area contributed by atoms with Crippen molar-refractivity contribution < 1.29 is 0 Å². The Hall–Kier alpha value is -1.56. The van der Waals surface area contributed by atoms with E-state index in [2.05, 4.69) is 62.5 Å². The lowest BCUT2D eigenvalue weighted by Gasteiger charge is -2.08. The second-order valence-corrected chi connectivity index (χ2v) is 4.27. The highest BCUT2D eigenvalue weighted by Crippen LogP contribution is 2.26. The Morgan fingerprint density at radius 1 is 0.625 bits per heavy atom. The maximum absolute atomic E-state index is 2.25. The lowest BCUT2D eigenvalue weighted by atomic mass is 9.96. The lowest BCUT2D eigenvalue weighted by Crippen LogP contribution is -1.90. The first kappa shape index (κ1) is 10.9. The first-order valence-corrected chi connectivity index (χ1v) is 5.87. The van der Waals surface area contributed by atoms with Gasteiger partial charge in [0.2, 0.25) is 0 Å². The van der Waals surface area contributed by atoms with Crippen molar-refractivity contribution in [1.82, 2.24) is 0 Å². The van der Waals surface area contributed by atoms with Crippen LogP contribution in [-0.2, 0) is 0 Å². The van der Waals surface area contributed by atoms with E-state index in [9.17, 15) is 0 Å². The van der Waals surface area contributed by atoms with Crippen LogP contribution in [0.3, 0.4) is 0 Å². The average molecular weight is 210 g/mol. The second kappa shape index (κ2) is 4.98. The van der Waals surface area contributed by atoms with Gasteiger partial charge in [-0.3, -0.25) is 0 Å². The third-order valence-corrected chi connectivity index (χ3v) is 2.99. The van der Waals surface area contributed by atoms with Crippen LogP contribution in [0, 0.1) is 0 Å². The fourth-order valence-electron chi connectivity index (χ4n) is 2.07. The standard InChI is InChI=1S/C16H18/c1-13-9-5-3-7-11-15(13)16-12-8-4-6-10-14(16)2/h5-12H,3-4H2,1-2H3. The SMILES string of the molecule is CC1=C(C2=C(C)C=CCC=C2)C=CCC=C1. The molecule has 0 heterocycles. The highest BCUT2D eigenvalue weighted by atomic mass is 14.1. The average Bonchev–Trinajstić information content (AvgIpc) is 2.59. The topological polar surface area (TPSA) is 0 Å². The molecule has 16 heavy (non-hydrogen) atoms. The number of rotatable bonds is 1. The van der Waals surface area contributed by atoms with E-state index in [1.807, 2.05) is 0 Å². The van der Waals surface area contributed by atoms with Gasteiger partial charge in [0.15, 0.2) is 0 Å². The van der Waals surface area contributed by atoms with Crippen LogP contribution in [-0.4, -0.2) is 0 Å². The minimum Gasteiger partial charge on any atom is -0.0805 e. The molecular weight excluding hydrogens is 192 g/mol. The Bertz CT molecular complexity index is 404. The Balaban J connectivity index is 2.51. The van der Waals surface area contributed by atoms with Crippen LogP contribution < -0.4 is 0 Å². The van der Waals surface area contributed by atoms with E-state index in [0.29, 0.717) is 0 Å². The summed E-state index contributed by atoms with van der Waals surface area (Å²) in [6.07, 6.45) is 19.9. The fourth-order valence-corrected chi connectivity index (χ4v) is 2.07. The first-order chi connectivity index (χ1) is 7.79. The Labute approximate surface area is 98.1 Å². The van der Waals surface area contributed by atoms with Gasteiger partial charge < -0.3 is 0 Å². The van der Waals surface area contributed by atoms with E-state index in [-0.39, 0.29) is 0 Å². The molecule has 0 fully saturated rings. The summed E-state index contributed by atoms with van der Waals surface area (Å²) in [6.45, 7) is 4.37. The molecule has 0 saturated heterocycles. The summed E-state index contributed by atoms with van der Waals surface area (Å²) < 4.78 is 0. The van der Waals surface area contributed by atoms with Crippen LogP contribution in [0.15, 0.2) is 70.9 Å². The van der Waals surface area contributed by atoms with Crippen molar-refractivity contribution in [2.75, 3.05) is 0 Å². The molecule has 0 N–H and O–H groups in total. The van der Waals surface area contributed by atoms with Crippen molar-refractivity contribution in [2.24, 2.45) is 0 Å². The summed E-state index contributed by atoms with van der Waals surface area (Å²) >= 11 is 0. The molecule has 0 aromatic heterocycles. The van der Waals surface area contributed by atoms with Crippen LogP contribution in [0.25, 0.3) is 0 Å². The van der Waals surface area contributed by atoms with Crippen molar-refractivity contribution >= 4 is 0 Å². The predicted molar refractivity (Wildman–Crippen MR) is 71.2 cm³/mol. The van der Waals surface area contributed by atoms with Crippen molar-refractivity contribution in [1.29, 1.82) is 0 Å². The van der Waals surface area contributed by atoms with Gasteiger partial charge in [-0.05, 0) is 49.0 Å². The van der Waals surface area contributed by atoms with Crippen molar-refractivity contribution in [3.8, 4) is 0 Å². The third kappa shape index (κ3) is 2.33. The molecule has 0 bridgehead atoms. The molecule has 2 rings (SSSR count). The Morgan fingerprint density at radius 2 is 1.00 bits per heavy atom. The molecule has 2 aliphatic rings. The van der Waals surface area contributed by atoms with Crippen LogP contribution in [0.2, 0.25) is 0 Å². The normalized spacial score (nSPS) is 20.4. The number of allylic oxidation sites excluding steroid dienone is 12. The highest BCUT2D eigenvalue weighted by molar-refractivity contribution is 5.56. The molecule has 0 atom stereocenters. The van der Waals surface area contributed by atoms with Gasteiger partial charge in [-0.25, -0.2) is 0 Å². The number of hydrogen-bond acceptors (Lipinski definition) is 0. The second-order valence-electron chi connectivity index (χ2n) is 4.27. The van der Waals surface area contributed by atoms with Crippen LogP contribution in [0.4, 0.5) is 0 Å². The van der Waals surface area contributed by atoms with Gasteiger partial charge in [0.25, 0.3) is 0 Å². The molecule has 0 spiro atoms. The summed E-state index contributed by atoms with van der Waals surface area (Å²) in [4.78, 5) is 0. The zero-order valence-corrected chi connectivity index (χ0v) is 10.0. The largest absolute Gasteiger partial charge is 0.0805 e. The van der Waals surface area contributed by atoms with E-state index in [0.717, 1.165) is 12.8 Å². The smallest absolute Gasteiger partial charge is 0.0155 e. The van der Waals surface area contributed by atoms with Crippen molar-refractivity contribution in [3.63, 3.8) is 0 Å². The zero-order valence-electron chi connectivity index (χ0n) is 10.0. The molecule has 0 aromatic carbocycles. The van der Waals surface area contributed by atoms with E-state index in [1.54, 1.807) is 0 Å². The fraction of sp³-hybridized carbons (Fsp3) is 0.250. The molecule has 0 nitrogen and oxygen atoms in total. The summed E-state index contributed by atoms with van der Waals surface area (Å²) in [5, 5.41) is 0. The predicted octanol–water partition coefficient (Wildman–Crippen LogP) is 4.65. The van der Waals surface area contributed by atoms with Crippen molar-refractivity contribution in [2.45, 2.75) is 26.7 Å². The minimum atomic E-state index is 1.03. The quantitative estimate of drug-likeness (QED) is 0.591.